The molecule has 26 heavy (non-hydrogen) atoms. The number of carbonyl (C=O) groups excluding carboxylic acids is 1. The smallest absolute Gasteiger partial charge is 0.416 e. The van der Waals surface area contributed by atoms with Gasteiger partial charge in [0.1, 0.15) is 5.75 Å². The van der Waals surface area contributed by atoms with Gasteiger partial charge in [-0.15, -0.1) is 0 Å². The highest BCUT2D eigenvalue weighted by Crippen LogP contribution is 2.38. The van der Waals surface area contributed by atoms with E-state index in [4.69, 9.17) is 0 Å². The fraction of sp³-hybridized carbons (Fsp3) is 0.133. The van der Waals surface area contributed by atoms with Crippen molar-refractivity contribution < 1.29 is 36.2 Å². The molecule has 0 bridgehead atoms. The third-order valence-corrected chi connectivity index (χ3v) is 4.97. The van der Waals surface area contributed by atoms with Crippen LogP contribution in [-0.2, 0) is 12.4 Å². The number of phenols is 1. The molecule has 3 nitrogen and oxygen atoms in total. The molecule has 0 aliphatic heterocycles. The van der Waals surface area contributed by atoms with Crippen LogP contribution in [-0.4, -0.2) is 11.0 Å². The SMILES string of the molecule is O=C(Nc1cc(C(F)(F)F)cc(C(F)(F)F)c1)c1cc(Br)c(Br)cc1O. The molecule has 2 aromatic rings. The van der Waals surface area contributed by atoms with Crippen LogP contribution in [0, 0.1) is 0 Å². The van der Waals surface area contributed by atoms with Gasteiger partial charge in [-0.25, -0.2) is 0 Å². The number of rotatable bonds is 2. The third-order valence-electron chi connectivity index (χ3n) is 3.13. The van der Waals surface area contributed by atoms with E-state index >= 15 is 0 Å². The van der Waals surface area contributed by atoms with Crippen molar-refractivity contribution in [2.24, 2.45) is 0 Å². The maximum Gasteiger partial charge on any atom is 0.416 e. The van der Waals surface area contributed by atoms with Crippen LogP contribution in [0.25, 0.3) is 0 Å². The Bertz CT molecular complexity index is 832. The number of anilines is 1. The Labute approximate surface area is 159 Å². The first-order chi connectivity index (χ1) is 11.8. The lowest BCUT2D eigenvalue weighted by Gasteiger charge is -2.15. The van der Waals surface area contributed by atoms with Crippen LogP contribution in [0.2, 0.25) is 0 Å². The summed E-state index contributed by atoms with van der Waals surface area (Å²) in [4.78, 5) is 12.2. The van der Waals surface area contributed by atoms with Crippen molar-refractivity contribution in [2.75, 3.05) is 5.32 Å². The minimum atomic E-state index is -5.04. The van der Waals surface area contributed by atoms with Gasteiger partial charge in [0.15, 0.2) is 0 Å². The molecule has 0 aromatic heterocycles. The highest BCUT2D eigenvalue weighted by atomic mass is 79.9. The number of phenolic OH excluding ortho intramolecular Hbond substituents is 1. The molecule has 0 heterocycles. The molecule has 2 aromatic carbocycles. The Morgan fingerprint density at radius 2 is 1.31 bits per heavy atom. The van der Waals surface area contributed by atoms with Crippen LogP contribution in [0.5, 0.6) is 5.75 Å². The number of benzene rings is 2. The van der Waals surface area contributed by atoms with Gasteiger partial charge in [0.05, 0.1) is 16.7 Å². The summed E-state index contributed by atoms with van der Waals surface area (Å²) in [6, 6.07) is 3.00. The average Bonchev–Trinajstić information content (AvgIpc) is 2.48. The number of nitrogens with one attached hydrogen (secondary N) is 1. The topological polar surface area (TPSA) is 49.3 Å². The van der Waals surface area contributed by atoms with Gasteiger partial charge in [0, 0.05) is 14.6 Å². The fourth-order valence-corrected chi connectivity index (χ4v) is 2.62. The summed E-state index contributed by atoms with van der Waals surface area (Å²) in [7, 11) is 0. The lowest BCUT2D eigenvalue weighted by molar-refractivity contribution is -0.143. The van der Waals surface area contributed by atoms with E-state index in [1.807, 2.05) is 5.32 Å². The van der Waals surface area contributed by atoms with Gasteiger partial charge in [0.2, 0.25) is 0 Å². The Kier molecular flexibility index (Phi) is 5.62. The van der Waals surface area contributed by atoms with E-state index in [0.717, 1.165) is 12.1 Å². The molecule has 0 saturated heterocycles. The number of amides is 1. The molecule has 0 aliphatic rings. The fourth-order valence-electron chi connectivity index (χ4n) is 1.94. The van der Waals surface area contributed by atoms with Gasteiger partial charge < -0.3 is 10.4 Å². The Balaban J connectivity index is 2.46. The summed E-state index contributed by atoms with van der Waals surface area (Å²) in [5.74, 6) is -1.59. The number of hydrogen-bond acceptors (Lipinski definition) is 2. The second-order valence-electron chi connectivity index (χ2n) is 5.03. The predicted molar refractivity (Wildman–Crippen MR) is 87.9 cm³/mol. The maximum atomic E-state index is 12.8. The number of carbonyl (C=O) groups is 1. The van der Waals surface area contributed by atoms with Crippen LogP contribution < -0.4 is 5.32 Å². The second-order valence-corrected chi connectivity index (χ2v) is 6.74. The van der Waals surface area contributed by atoms with E-state index in [1.165, 1.54) is 0 Å². The normalized spacial score (nSPS) is 12.2. The van der Waals surface area contributed by atoms with Crippen LogP contribution in [0.4, 0.5) is 32.0 Å². The lowest BCUT2D eigenvalue weighted by atomic mass is 10.1. The van der Waals surface area contributed by atoms with Crippen molar-refractivity contribution in [3.05, 3.63) is 56.0 Å². The third kappa shape index (κ3) is 4.70. The van der Waals surface area contributed by atoms with Crippen LogP contribution in [0.3, 0.4) is 0 Å². The van der Waals surface area contributed by atoms with Crippen molar-refractivity contribution in [2.45, 2.75) is 12.4 Å². The summed E-state index contributed by atoms with van der Waals surface area (Å²) >= 11 is 6.14. The molecule has 2 N–H and O–H groups in total. The van der Waals surface area contributed by atoms with Gasteiger partial charge in [-0.3, -0.25) is 4.79 Å². The summed E-state index contributed by atoms with van der Waals surface area (Å²) in [5.41, 5.74) is -4.19. The number of aromatic hydroxyl groups is 1. The largest absolute Gasteiger partial charge is 0.507 e. The van der Waals surface area contributed by atoms with Crippen LogP contribution >= 0.6 is 31.9 Å². The van der Waals surface area contributed by atoms with Gasteiger partial charge in [-0.05, 0) is 62.2 Å². The van der Waals surface area contributed by atoms with Crippen molar-refractivity contribution in [1.82, 2.24) is 0 Å². The molecule has 0 unspecified atom stereocenters. The molecule has 0 fully saturated rings. The summed E-state index contributed by atoms with van der Waals surface area (Å²) in [6.45, 7) is 0. The highest BCUT2D eigenvalue weighted by Gasteiger charge is 2.37. The summed E-state index contributed by atoms with van der Waals surface area (Å²) < 4.78 is 77.7. The van der Waals surface area contributed by atoms with Crippen LogP contribution in [0.15, 0.2) is 39.3 Å². The number of halogens is 8. The maximum absolute atomic E-state index is 12.8. The first-order valence-electron chi connectivity index (χ1n) is 6.58. The quantitative estimate of drug-likeness (QED) is 0.476. The van der Waals surface area contributed by atoms with E-state index in [2.05, 4.69) is 31.9 Å². The van der Waals surface area contributed by atoms with Crippen molar-refractivity contribution in [3.63, 3.8) is 0 Å². The minimum absolute atomic E-state index is 0.0522. The van der Waals surface area contributed by atoms with Crippen molar-refractivity contribution >= 4 is 43.5 Å². The van der Waals surface area contributed by atoms with Crippen molar-refractivity contribution in [1.29, 1.82) is 0 Å². The van der Waals surface area contributed by atoms with Crippen molar-refractivity contribution in [3.8, 4) is 5.75 Å². The molecular weight excluding hydrogens is 500 g/mol. The molecule has 140 valence electrons. The van der Waals surface area contributed by atoms with E-state index in [1.54, 1.807) is 0 Å². The van der Waals surface area contributed by atoms with E-state index in [0.29, 0.717) is 21.1 Å². The monoisotopic (exact) mass is 505 g/mol. The molecule has 0 aliphatic carbocycles. The van der Waals surface area contributed by atoms with Gasteiger partial charge >= 0.3 is 12.4 Å². The first-order valence-corrected chi connectivity index (χ1v) is 8.16. The summed E-state index contributed by atoms with van der Waals surface area (Å²) in [6.07, 6.45) is -10.1. The van der Waals surface area contributed by atoms with E-state index < -0.39 is 40.8 Å². The first kappa shape index (κ1) is 20.6. The summed E-state index contributed by atoms with van der Waals surface area (Å²) in [5, 5.41) is 11.7. The van der Waals surface area contributed by atoms with Crippen LogP contribution in [0.1, 0.15) is 21.5 Å². The predicted octanol–water partition coefficient (Wildman–Crippen LogP) is 6.21. The zero-order chi connectivity index (χ0) is 19.9. The standard InChI is InChI=1S/C15H7Br2F6NO2/c16-10-4-9(12(25)5-11(10)17)13(26)24-8-2-6(14(18,19)20)1-7(3-8)15(21,22)23/h1-5,25H,(H,24,26). The Hall–Kier alpha value is -1.75. The van der Waals surface area contributed by atoms with Gasteiger partial charge in [-0.1, -0.05) is 0 Å². The average molecular weight is 507 g/mol. The zero-order valence-electron chi connectivity index (χ0n) is 12.3. The van der Waals surface area contributed by atoms with E-state index in [9.17, 15) is 36.2 Å². The number of alkyl halides is 6. The molecule has 0 spiro atoms. The molecule has 0 saturated carbocycles. The zero-order valence-corrected chi connectivity index (χ0v) is 15.4. The Morgan fingerprint density at radius 3 is 1.77 bits per heavy atom. The molecule has 1 amide bonds. The molecule has 11 heteroatoms. The minimum Gasteiger partial charge on any atom is -0.507 e. The molecule has 2 rings (SSSR count). The Morgan fingerprint density at radius 1 is 0.846 bits per heavy atom. The molecular formula is C15H7Br2F6NO2. The van der Waals surface area contributed by atoms with E-state index in [-0.39, 0.29) is 11.6 Å². The van der Waals surface area contributed by atoms with Gasteiger partial charge in [0.25, 0.3) is 5.91 Å². The van der Waals surface area contributed by atoms with Gasteiger partial charge in [-0.2, -0.15) is 26.3 Å². The number of hydrogen-bond donors (Lipinski definition) is 2. The lowest BCUT2D eigenvalue weighted by Crippen LogP contribution is -2.16. The second kappa shape index (κ2) is 7.10. The molecule has 0 radical (unpaired) electrons. The molecule has 0 atom stereocenters. The highest BCUT2D eigenvalue weighted by molar-refractivity contribution is 9.13.